The molecule has 1 N–H and O–H groups in total. The zero-order chi connectivity index (χ0) is 15.5. The lowest BCUT2D eigenvalue weighted by Gasteiger charge is -2.30. The van der Waals surface area contributed by atoms with Gasteiger partial charge in [0.1, 0.15) is 12.4 Å². The van der Waals surface area contributed by atoms with Crippen LogP contribution in [0.3, 0.4) is 0 Å². The predicted molar refractivity (Wildman–Crippen MR) is 84.6 cm³/mol. The first-order chi connectivity index (χ1) is 10.6. The molecule has 0 bridgehead atoms. The van der Waals surface area contributed by atoms with E-state index in [-0.39, 0.29) is 12.5 Å². The molecule has 0 saturated heterocycles. The third-order valence-corrected chi connectivity index (χ3v) is 3.50. The molecule has 0 spiro atoms. The number of aromatic nitrogens is 2. The second-order valence-electron chi connectivity index (χ2n) is 4.95. The van der Waals surface area contributed by atoms with E-state index in [1.54, 1.807) is 24.4 Å². The molecule has 1 aromatic carbocycles. The summed E-state index contributed by atoms with van der Waals surface area (Å²) in [5.74, 6) is 0.859. The summed E-state index contributed by atoms with van der Waals surface area (Å²) in [6, 6.07) is 7.15. The van der Waals surface area contributed by atoms with Crippen molar-refractivity contribution in [3.05, 3.63) is 41.2 Å². The van der Waals surface area contributed by atoms with Crippen LogP contribution >= 0.6 is 11.6 Å². The van der Waals surface area contributed by atoms with Gasteiger partial charge in [0.25, 0.3) is 0 Å². The molecule has 6 nitrogen and oxygen atoms in total. The molecule has 0 radical (unpaired) electrons. The summed E-state index contributed by atoms with van der Waals surface area (Å²) in [7, 11) is 0. The van der Waals surface area contributed by atoms with E-state index in [0.717, 1.165) is 17.1 Å². The Morgan fingerprint density at radius 3 is 3.14 bits per heavy atom. The van der Waals surface area contributed by atoms with Crippen molar-refractivity contribution < 1.29 is 9.53 Å². The van der Waals surface area contributed by atoms with Gasteiger partial charge in [0.05, 0.1) is 18.8 Å². The van der Waals surface area contributed by atoms with Gasteiger partial charge in [-0.1, -0.05) is 11.6 Å². The Balaban J connectivity index is 1.71. The zero-order valence-corrected chi connectivity index (χ0v) is 12.8. The number of hydrogen-bond acceptors (Lipinski definition) is 5. The lowest BCUT2D eigenvalue weighted by Crippen LogP contribution is -2.39. The minimum Gasteiger partial charge on any atom is -0.490 e. The van der Waals surface area contributed by atoms with Gasteiger partial charge in [-0.25, -0.2) is 9.97 Å². The third-order valence-electron chi connectivity index (χ3n) is 3.26. The van der Waals surface area contributed by atoms with Crippen LogP contribution in [0.2, 0.25) is 5.02 Å². The summed E-state index contributed by atoms with van der Waals surface area (Å²) in [4.78, 5) is 22.3. The molecular formula is C15H15ClN4O2. The molecule has 1 aromatic heterocycles. The molecule has 1 aliphatic rings. The number of anilines is 2. The number of amides is 1. The maximum Gasteiger partial charge on any atom is 0.246 e. The standard InChI is InChI=1S/C15H15ClN4O2/c1-10-4-5-17-15(18-10)19-14(21)9-20-6-7-22-13-3-2-11(16)8-12(13)20/h2-5,8H,6-7,9H2,1H3,(H,17,18,19,21). The number of nitrogens with zero attached hydrogens (tertiary/aromatic N) is 3. The Hall–Kier alpha value is -2.34. The summed E-state index contributed by atoms with van der Waals surface area (Å²) in [6.45, 7) is 3.18. The molecule has 0 aliphatic carbocycles. The van der Waals surface area contributed by atoms with Gasteiger partial charge in [-0.05, 0) is 31.2 Å². The predicted octanol–water partition coefficient (Wildman–Crippen LogP) is 2.28. The molecule has 3 rings (SSSR count). The number of carbonyl (C=O) groups excluding carboxylic acids is 1. The van der Waals surface area contributed by atoms with Crippen LogP contribution < -0.4 is 15.0 Å². The van der Waals surface area contributed by atoms with Crippen LogP contribution in [-0.4, -0.2) is 35.6 Å². The van der Waals surface area contributed by atoms with Gasteiger partial charge in [0.15, 0.2) is 0 Å². The van der Waals surface area contributed by atoms with Crippen LogP contribution in [0.15, 0.2) is 30.5 Å². The van der Waals surface area contributed by atoms with Crippen molar-refractivity contribution in [3.8, 4) is 5.75 Å². The Morgan fingerprint density at radius 1 is 1.45 bits per heavy atom. The van der Waals surface area contributed by atoms with Crippen LogP contribution in [0.25, 0.3) is 0 Å². The lowest BCUT2D eigenvalue weighted by molar-refractivity contribution is -0.115. The van der Waals surface area contributed by atoms with Gasteiger partial charge >= 0.3 is 0 Å². The number of rotatable bonds is 3. The number of fused-ring (bicyclic) bond motifs is 1. The molecule has 0 unspecified atom stereocenters. The monoisotopic (exact) mass is 318 g/mol. The van der Waals surface area contributed by atoms with Crippen molar-refractivity contribution in [1.82, 2.24) is 9.97 Å². The van der Waals surface area contributed by atoms with E-state index in [0.29, 0.717) is 24.1 Å². The van der Waals surface area contributed by atoms with Gasteiger partial charge in [0, 0.05) is 16.9 Å². The smallest absolute Gasteiger partial charge is 0.246 e. The number of benzene rings is 1. The maximum atomic E-state index is 12.2. The highest BCUT2D eigenvalue weighted by molar-refractivity contribution is 6.31. The number of halogens is 1. The summed E-state index contributed by atoms with van der Waals surface area (Å²) >= 11 is 6.02. The van der Waals surface area contributed by atoms with Crippen LogP contribution in [0.1, 0.15) is 5.69 Å². The van der Waals surface area contributed by atoms with Crippen molar-refractivity contribution in [2.45, 2.75) is 6.92 Å². The minimum absolute atomic E-state index is 0.182. The van der Waals surface area contributed by atoms with E-state index in [1.807, 2.05) is 17.9 Å². The van der Waals surface area contributed by atoms with Gasteiger partial charge in [-0.2, -0.15) is 0 Å². The second kappa shape index (κ2) is 6.19. The fourth-order valence-electron chi connectivity index (χ4n) is 2.26. The molecular weight excluding hydrogens is 304 g/mol. The summed E-state index contributed by atoms with van der Waals surface area (Å²) in [5, 5.41) is 3.31. The zero-order valence-electron chi connectivity index (χ0n) is 12.0. The van der Waals surface area contributed by atoms with Crippen molar-refractivity contribution in [3.63, 3.8) is 0 Å². The van der Waals surface area contributed by atoms with Crippen molar-refractivity contribution in [1.29, 1.82) is 0 Å². The SMILES string of the molecule is Cc1ccnc(NC(=O)CN2CCOc3ccc(Cl)cc32)n1. The second-order valence-corrected chi connectivity index (χ2v) is 5.39. The van der Waals surface area contributed by atoms with E-state index < -0.39 is 0 Å². The maximum absolute atomic E-state index is 12.2. The average molecular weight is 319 g/mol. The summed E-state index contributed by atoms with van der Waals surface area (Å²) in [6.07, 6.45) is 1.61. The Bertz CT molecular complexity index is 708. The molecule has 0 saturated carbocycles. The first-order valence-corrected chi connectivity index (χ1v) is 7.26. The highest BCUT2D eigenvalue weighted by Crippen LogP contribution is 2.33. The molecule has 2 aromatic rings. The molecule has 22 heavy (non-hydrogen) atoms. The lowest BCUT2D eigenvalue weighted by atomic mass is 10.2. The number of nitrogens with one attached hydrogen (secondary N) is 1. The van der Waals surface area contributed by atoms with Gasteiger partial charge < -0.3 is 9.64 Å². The van der Waals surface area contributed by atoms with Gasteiger partial charge in [0.2, 0.25) is 11.9 Å². The van der Waals surface area contributed by atoms with Crippen LogP contribution in [0, 0.1) is 6.92 Å². The fourth-order valence-corrected chi connectivity index (χ4v) is 2.42. The van der Waals surface area contributed by atoms with E-state index in [4.69, 9.17) is 16.3 Å². The Kier molecular flexibility index (Phi) is 4.11. The molecule has 114 valence electrons. The van der Waals surface area contributed by atoms with Crippen molar-refractivity contribution >= 4 is 29.1 Å². The van der Waals surface area contributed by atoms with Crippen molar-refractivity contribution in [2.75, 3.05) is 29.9 Å². The average Bonchev–Trinajstić information content (AvgIpc) is 2.48. The quantitative estimate of drug-likeness (QED) is 0.940. The molecule has 0 atom stereocenters. The molecule has 1 amide bonds. The molecule has 7 heteroatoms. The number of carbonyl (C=O) groups is 1. The summed E-state index contributed by atoms with van der Waals surface area (Å²) in [5.41, 5.74) is 1.62. The minimum atomic E-state index is -0.182. The number of ether oxygens (including phenoxy) is 1. The molecule has 2 heterocycles. The van der Waals surface area contributed by atoms with Gasteiger partial charge in [-0.15, -0.1) is 0 Å². The number of aryl methyl sites for hydroxylation is 1. The van der Waals surface area contributed by atoms with Crippen LogP contribution in [-0.2, 0) is 4.79 Å². The van der Waals surface area contributed by atoms with E-state index in [1.165, 1.54) is 0 Å². The first-order valence-electron chi connectivity index (χ1n) is 6.88. The van der Waals surface area contributed by atoms with Crippen LogP contribution in [0.5, 0.6) is 5.75 Å². The fraction of sp³-hybridized carbons (Fsp3) is 0.267. The van der Waals surface area contributed by atoms with E-state index >= 15 is 0 Å². The molecule has 1 aliphatic heterocycles. The Morgan fingerprint density at radius 2 is 2.32 bits per heavy atom. The normalized spacial score (nSPS) is 13.3. The van der Waals surface area contributed by atoms with E-state index in [2.05, 4.69) is 15.3 Å². The molecule has 0 fully saturated rings. The van der Waals surface area contributed by atoms with E-state index in [9.17, 15) is 4.79 Å². The van der Waals surface area contributed by atoms with Gasteiger partial charge in [-0.3, -0.25) is 10.1 Å². The topological polar surface area (TPSA) is 67.4 Å². The number of hydrogen-bond donors (Lipinski definition) is 1. The first kappa shape index (κ1) is 14.6. The summed E-state index contributed by atoms with van der Waals surface area (Å²) < 4.78 is 5.57. The largest absolute Gasteiger partial charge is 0.490 e. The highest BCUT2D eigenvalue weighted by atomic mass is 35.5. The third kappa shape index (κ3) is 3.28. The highest BCUT2D eigenvalue weighted by Gasteiger charge is 2.21. The Labute approximate surface area is 133 Å². The van der Waals surface area contributed by atoms with Crippen molar-refractivity contribution in [2.24, 2.45) is 0 Å². The van der Waals surface area contributed by atoms with Crippen LogP contribution in [0.4, 0.5) is 11.6 Å².